The highest BCUT2D eigenvalue weighted by Crippen LogP contribution is 2.16. The number of nitrogens with one attached hydrogen (secondary N) is 2. The van der Waals surface area contributed by atoms with Crippen molar-refractivity contribution in [1.82, 2.24) is 25.4 Å². The molecular formula is C22H34N6S. The molecule has 0 bridgehead atoms. The molecule has 1 saturated heterocycles. The largest absolute Gasteiger partial charge is 0.357 e. The number of guanidine groups is 1. The summed E-state index contributed by atoms with van der Waals surface area (Å²) in [5.74, 6) is 0.876. The van der Waals surface area contributed by atoms with Crippen molar-refractivity contribution in [2.75, 3.05) is 45.8 Å². The van der Waals surface area contributed by atoms with Gasteiger partial charge in [-0.05, 0) is 26.3 Å². The summed E-state index contributed by atoms with van der Waals surface area (Å²) < 4.78 is 0. The van der Waals surface area contributed by atoms with Crippen molar-refractivity contribution in [3.8, 4) is 0 Å². The topological polar surface area (TPSA) is 55.8 Å². The molecule has 158 valence electrons. The van der Waals surface area contributed by atoms with Crippen molar-refractivity contribution < 1.29 is 0 Å². The highest BCUT2D eigenvalue weighted by atomic mass is 32.1. The van der Waals surface area contributed by atoms with Gasteiger partial charge in [-0.2, -0.15) is 0 Å². The van der Waals surface area contributed by atoms with Crippen LogP contribution in [0, 0.1) is 13.8 Å². The van der Waals surface area contributed by atoms with E-state index in [0.29, 0.717) is 6.54 Å². The average Bonchev–Trinajstić information content (AvgIpc) is 3.06. The maximum Gasteiger partial charge on any atom is 0.191 e. The molecular weight excluding hydrogens is 380 g/mol. The minimum atomic E-state index is 0.632. The van der Waals surface area contributed by atoms with Gasteiger partial charge in [-0.3, -0.25) is 9.80 Å². The first-order valence-corrected chi connectivity index (χ1v) is 11.4. The van der Waals surface area contributed by atoms with Crippen molar-refractivity contribution in [3.05, 3.63) is 51.5 Å². The molecule has 0 spiro atoms. The lowest BCUT2D eigenvalue weighted by Gasteiger charge is -2.34. The highest BCUT2D eigenvalue weighted by molar-refractivity contribution is 7.11. The zero-order chi connectivity index (χ0) is 20.5. The molecule has 3 rings (SSSR count). The number of thiazole rings is 1. The van der Waals surface area contributed by atoms with Gasteiger partial charge in [-0.1, -0.05) is 30.3 Å². The van der Waals surface area contributed by atoms with E-state index in [1.807, 2.05) is 0 Å². The van der Waals surface area contributed by atoms with E-state index < -0.39 is 0 Å². The Bertz CT molecular complexity index is 745. The number of hydrogen-bond acceptors (Lipinski definition) is 5. The van der Waals surface area contributed by atoms with Crippen LogP contribution >= 0.6 is 11.3 Å². The quantitative estimate of drug-likeness (QED) is 0.514. The van der Waals surface area contributed by atoms with Crippen molar-refractivity contribution >= 4 is 17.3 Å². The summed E-state index contributed by atoms with van der Waals surface area (Å²) in [6.07, 6.45) is 0. The molecule has 1 aliphatic heterocycles. The lowest BCUT2D eigenvalue weighted by Crippen LogP contribution is -2.49. The Labute approximate surface area is 179 Å². The molecule has 0 radical (unpaired) electrons. The van der Waals surface area contributed by atoms with E-state index >= 15 is 0 Å². The summed E-state index contributed by atoms with van der Waals surface area (Å²) in [6, 6.07) is 10.8. The van der Waals surface area contributed by atoms with E-state index in [9.17, 15) is 0 Å². The molecule has 0 saturated carbocycles. The Morgan fingerprint density at radius 3 is 2.45 bits per heavy atom. The molecule has 2 aromatic rings. The van der Waals surface area contributed by atoms with Crippen molar-refractivity contribution in [2.24, 2.45) is 4.99 Å². The molecule has 0 amide bonds. The van der Waals surface area contributed by atoms with Gasteiger partial charge >= 0.3 is 0 Å². The third kappa shape index (κ3) is 7.10. The number of aromatic nitrogens is 1. The second-order valence-electron chi connectivity index (χ2n) is 7.47. The number of benzene rings is 1. The normalized spacial score (nSPS) is 16.2. The Hall–Kier alpha value is -1.96. The number of aryl methyl sites for hydroxylation is 2. The van der Waals surface area contributed by atoms with E-state index in [1.54, 1.807) is 11.3 Å². The monoisotopic (exact) mass is 414 g/mol. The lowest BCUT2D eigenvalue weighted by molar-refractivity contribution is 0.129. The molecule has 0 atom stereocenters. The number of nitrogens with zero attached hydrogens (tertiary/aromatic N) is 4. The predicted molar refractivity (Wildman–Crippen MR) is 123 cm³/mol. The lowest BCUT2D eigenvalue weighted by atomic mass is 10.2. The summed E-state index contributed by atoms with van der Waals surface area (Å²) in [4.78, 5) is 15.6. The van der Waals surface area contributed by atoms with Gasteiger partial charge in [0.1, 0.15) is 5.01 Å². The van der Waals surface area contributed by atoms with Crippen LogP contribution in [0.2, 0.25) is 0 Å². The van der Waals surface area contributed by atoms with Crippen LogP contribution in [0.25, 0.3) is 0 Å². The molecule has 2 N–H and O–H groups in total. The Kier molecular flexibility index (Phi) is 8.46. The summed E-state index contributed by atoms with van der Waals surface area (Å²) in [7, 11) is 0. The summed E-state index contributed by atoms with van der Waals surface area (Å²) in [6.45, 7) is 15.3. The van der Waals surface area contributed by atoms with Crippen LogP contribution < -0.4 is 10.6 Å². The predicted octanol–water partition coefficient (Wildman–Crippen LogP) is 2.63. The van der Waals surface area contributed by atoms with Gasteiger partial charge in [0.05, 0.1) is 12.2 Å². The van der Waals surface area contributed by atoms with Crippen LogP contribution in [-0.2, 0) is 13.1 Å². The molecule has 29 heavy (non-hydrogen) atoms. The van der Waals surface area contributed by atoms with Crippen LogP contribution in [0.5, 0.6) is 0 Å². The smallest absolute Gasteiger partial charge is 0.191 e. The van der Waals surface area contributed by atoms with Crippen LogP contribution in [0.4, 0.5) is 0 Å². The molecule has 1 aliphatic rings. The number of aliphatic imine (C=N–C) groups is 1. The van der Waals surface area contributed by atoms with E-state index in [-0.39, 0.29) is 0 Å². The fourth-order valence-corrected chi connectivity index (χ4v) is 4.30. The molecule has 1 aromatic carbocycles. The summed E-state index contributed by atoms with van der Waals surface area (Å²) >= 11 is 1.74. The molecule has 7 heteroatoms. The molecule has 1 fully saturated rings. The first-order chi connectivity index (χ1) is 14.1. The van der Waals surface area contributed by atoms with Crippen LogP contribution in [0.3, 0.4) is 0 Å². The van der Waals surface area contributed by atoms with E-state index in [2.05, 4.69) is 76.5 Å². The molecule has 1 aromatic heterocycles. The standard InChI is InChI=1S/C22H34N6S/c1-4-23-22(25-16-21-26-18(2)19(3)29-21)24-10-11-27-12-14-28(15-13-27)17-20-8-6-5-7-9-20/h5-9H,4,10-17H2,1-3H3,(H2,23,24,25). The SMILES string of the molecule is CCNC(=NCc1nc(C)c(C)s1)NCCN1CCN(Cc2ccccc2)CC1. The van der Waals surface area contributed by atoms with E-state index in [0.717, 1.165) is 69.0 Å². The number of hydrogen-bond donors (Lipinski definition) is 2. The van der Waals surface area contributed by atoms with Crippen molar-refractivity contribution in [2.45, 2.75) is 33.9 Å². The fourth-order valence-electron chi connectivity index (χ4n) is 3.44. The van der Waals surface area contributed by atoms with Gasteiger partial charge < -0.3 is 10.6 Å². The molecule has 0 unspecified atom stereocenters. The Morgan fingerprint density at radius 2 is 1.79 bits per heavy atom. The first-order valence-electron chi connectivity index (χ1n) is 10.6. The molecule has 0 aliphatic carbocycles. The van der Waals surface area contributed by atoms with Crippen LogP contribution in [0.1, 0.15) is 28.1 Å². The Morgan fingerprint density at radius 1 is 1.07 bits per heavy atom. The van der Waals surface area contributed by atoms with Crippen LogP contribution in [-0.4, -0.2) is 66.6 Å². The molecule has 2 heterocycles. The van der Waals surface area contributed by atoms with E-state index in [4.69, 9.17) is 4.99 Å². The van der Waals surface area contributed by atoms with Gasteiger partial charge in [0.25, 0.3) is 0 Å². The third-order valence-corrected chi connectivity index (χ3v) is 6.28. The van der Waals surface area contributed by atoms with Gasteiger partial charge in [-0.15, -0.1) is 11.3 Å². The minimum Gasteiger partial charge on any atom is -0.357 e. The third-order valence-electron chi connectivity index (χ3n) is 5.22. The van der Waals surface area contributed by atoms with E-state index in [1.165, 1.54) is 10.4 Å². The summed E-state index contributed by atoms with van der Waals surface area (Å²) in [5.41, 5.74) is 2.52. The van der Waals surface area contributed by atoms with Crippen LogP contribution in [0.15, 0.2) is 35.3 Å². The van der Waals surface area contributed by atoms with Crippen molar-refractivity contribution in [3.63, 3.8) is 0 Å². The second kappa shape index (κ2) is 11.3. The minimum absolute atomic E-state index is 0.632. The Balaban J connectivity index is 1.38. The maximum atomic E-state index is 4.70. The highest BCUT2D eigenvalue weighted by Gasteiger charge is 2.16. The maximum absolute atomic E-state index is 4.70. The van der Waals surface area contributed by atoms with Gasteiger partial charge in [0, 0.05) is 57.2 Å². The van der Waals surface area contributed by atoms with Crippen molar-refractivity contribution in [1.29, 1.82) is 0 Å². The average molecular weight is 415 g/mol. The molecule has 6 nitrogen and oxygen atoms in total. The van der Waals surface area contributed by atoms with Gasteiger partial charge in [0.15, 0.2) is 5.96 Å². The van der Waals surface area contributed by atoms with Gasteiger partial charge in [-0.25, -0.2) is 9.98 Å². The van der Waals surface area contributed by atoms with Gasteiger partial charge in [0.2, 0.25) is 0 Å². The number of piperazine rings is 1. The second-order valence-corrected chi connectivity index (χ2v) is 8.76. The zero-order valence-electron chi connectivity index (χ0n) is 17.9. The summed E-state index contributed by atoms with van der Waals surface area (Å²) in [5, 5.41) is 7.88. The number of rotatable bonds is 8. The zero-order valence-corrected chi connectivity index (χ0v) is 18.8. The first kappa shape index (κ1) is 21.7. The fraction of sp³-hybridized carbons (Fsp3) is 0.545.